The van der Waals surface area contributed by atoms with E-state index in [2.05, 4.69) is 31.9 Å². The molecule has 5 N–H and O–H groups in total. The number of amidine groups is 1. The maximum Gasteiger partial charge on any atom is 0.327 e. The van der Waals surface area contributed by atoms with Crippen LogP contribution in [0.3, 0.4) is 0 Å². The average Bonchev–Trinajstić information content (AvgIpc) is 3.31. The summed E-state index contributed by atoms with van der Waals surface area (Å²) in [5.41, 5.74) is 7.16. The number of aliphatic imine (C=N–C) groups is 2. The van der Waals surface area contributed by atoms with Crippen molar-refractivity contribution >= 4 is 35.0 Å². The maximum absolute atomic E-state index is 7.95. The van der Waals surface area contributed by atoms with Crippen LogP contribution in [0.4, 0.5) is 5.69 Å². The smallest absolute Gasteiger partial charge is 0.327 e. The molecular weight excluding hydrogens is 486 g/mol. The molecule has 0 radical (unpaired) electrons. The van der Waals surface area contributed by atoms with E-state index < -0.39 is 0 Å². The fourth-order valence-corrected chi connectivity index (χ4v) is 3.93. The molecule has 12 heteroatoms. The van der Waals surface area contributed by atoms with Gasteiger partial charge in [0.05, 0.1) is 12.7 Å². The maximum atomic E-state index is 7.95. The average molecular weight is 517 g/mol. The van der Waals surface area contributed by atoms with Gasteiger partial charge in [0.2, 0.25) is 11.7 Å². The molecule has 0 unspecified atom stereocenters. The molecule has 4 rings (SSSR count). The molecule has 0 bridgehead atoms. The lowest BCUT2D eigenvalue weighted by atomic mass is 10.2. The highest BCUT2D eigenvalue weighted by molar-refractivity contribution is 6.29. The van der Waals surface area contributed by atoms with Crippen LogP contribution in [0.5, 0.6) is 5.75 Å². The second-order valence-corrected chi connectivity index (χ2v) is 8.53. The number of rotatable bonds is 10. The summed E-state index contributed by atoms with van der Waals surface area (Å²) in [7, 11) is 1.66. The Morgan fingerprint density at radius 2 is 1.89 bits per heavy atom. The zero-order valence-electron chi connectivity index (χ0n) is 20.2. The third-order valence-electron chi connectivity index (χ3n) is 5.65. The standard InChI is InChI=1S/C24H30ClN7O4/c1-33-14-15-34-18-4-2-17(3-5-18)32-10-8-31(9-11-32)12-13-35-22-16-21(29-24(27)30-22)28-23(26)19-6-7-20(25)36-19/h2-7,16H,8-15H2,1H3,(H4,26,27,28,29,30)/p+1. The first-order valence-electron chi connectivity index (χ1n) is 11.7. The van der Waals surface area contributed by atoms with Crippen LogP contribution in [0.15, 0.2) is 62.7 Å². The van der Waals surface area contributed by atoms with Gasteiger partial charge in [-0.05, 0) is 48.0 Å². The topological polar surface area (TPSA) is 139 Å². The molecule has 0 amide bonds. The van der Waals surface area contributed by atoms with Gasteiger partial charge in [-0.15, -0.1) is 4.99 Å². The first-order valence-corrected chi connectivity index (χ1v) is 12.0. The highest BCUT2D eigenvalue weighted by Gasteiger charge is 2.20. The lowest BCUT2D eigenvalue weighted by Gasteiger charge is -2.36. The van der Waals surface area contributed by atoms with E-state index in [0.29, 0.717) is 37.3 Å². The minimum atomic E-state index is 0.0419. The van der Waals surface area contributed by atoms with Crippen molar-refractivity contribution in [3.05, 3.63) is 59.3 Å². The minimum absolute atomic E-state index is 0.0419. The Morgan fingerprint density at radius 1 is 1.11 bits per heavy atom. The summed E-state index contributed by atoms with van der Waals surface area (Å²) in [5, 5.41) is 9.67. The van der Waals surface area contributed by atoms with Crippen molar-refractivity contribution < 1.29 is 23.9 Å². The van der Waals surface area contributed by atoms with Crippen molar-refractivity contribution in [1.82, 2.24) is 4.90 Å². The number of piperazine rings is 1. The van der Waals surface area contributed by atoms with Crippen molar-refractivity contribution in [1.29, 1.82) is 5.41 Å². The third kappa shape index (κ3) is 7.31. The molecule has 0 atom stereocenters. The van der Waals surface area contributed by atoms with Gasteiger partial charge in [-0.3, -0.25) is 4.90 Å². The number of hydrogen-bond donors (Lipinski definition) is 3. The molecule has 1 saturated heterocycles. The van der Waals surface area contributed by atoms with E-state index in [1.165, 1.54) is 11.0 Å². The second-order valence-electron chi connectivity index (χ2n) is 8.16. The Hall–Kier alpha value is -3.38. The van der Waals surface area contributed by atoms with Crippen LogP contribution in [-0.2, 0) is 9.47 Å². The number of ether oxygens (including phenoxy) is 3. The van der Waals surface area contributed by atoms with E-state index in [0.717, 1.165) is 38.5 Å². The molecule has 1 aromatic heterocycles. The molecule has 0 saturated carbocycles. The summed E-state index contributed by atoms with van der Waals surface area (Å²) >= 11 is 5.79. The van der Waals surface area contributed by atoms with Gasteiger partial charge < -0.3 is 29.3 Å². The molecule has 11 nitrogen and oxygen atoms in total. The number of benzene rings is 1. The van der Waals surface area contributed by atoms with Crippen LogP contribution in [0.25, 0.3) is 0 Å². The minimum Gasteiger partial charge on any atom is -0.491 e. The highest BCUT2D eigenvalue weighted by atomic mass is 35.5. The fourth-order valence-electron chi connectivity index (χ4n) is 3.78. The fraction of sp³-hybridized carbons (Fsp3) is 0.375. The van der Waals surface area contributed by atoms with Crippen molar-refractivity contribution in [2.24, 2.45) is 15.7 Å². The van der Waals surface area contributed by atoms with Gasteiger partial charge in [0, 0.05) is 45.5 Å². The molecule has 36 heavy (non-hydrogen) atoms. The normalized spacial score (nSPS) is 17.1. The summed E-state index contributed by atoms with van der Waals surface area (Å²) in [5.74, 6) is 2.19. The van der Waals surface area contributed by atoms with E-state index in [-0.39, 0.29) is 17.0 Å². The van der Waals surface area contributed by atoms with E-state index in [1.54, 1.807) is 25.3 Å². The first-order chi connectivity index (χ1) is 17.5. The summed E-state index contributed by atoms with van der Waals surface area (Å²) < 4.78 is 21.7. The van der Waals surface area contributed by atoms with Gasteiger partial charge in [-0.25, -0.2) is 10.7 Å². The van der Waals surface area contributed by atoms with Crippen LogP contribution < -0.4 is 20.7 Å². The molecule has 192 valence electrons. The number of nitrogens with one attached hydrogen (secondary N) is 1. The molecule has 2 aliphatic heterocycles. The Balaban J connectivity index is 1.21. The first kappa shape index (κ1) is 25.7. The number of nitrogens with zero attached hydrogens (tertiary/aromatic N) is 4. The lowest BCUT2D eigenvalue weighted by Crippen LogP contribution is -2.86. The molecule has 1 aromatic carbocycles. The zero-order valence-corrected chi connectivity index (χ0v) is 20.9. The van der Waals surface area contributed by atoms with E-state index in [9.17, 15) is 0 Å². The summed E-state index contributed by atoms with van der Waals surface area (Å²) in [4.78, 5) is 13.1. The van der Waals surface area contributed by atoms with E-state index in [1.807, 2.05) is 12.1 Å². The quantitative estimate of drug-likeness (QED) is 0.245. The number of anilines is 1. The van der Waals surface area contributed by atoms with Gasteiger partial charge in [0.15, 0.2) is 16.8 Å². The molecule has 1 fully saturated rings. The van der Waals surface area contributed by atoms with E-state index in [4.69, 9.17) is 41.4 Å². The zero-order chi connectivity index (χ0) is 25.3. The Bertz CT molecular complexity index is 1120. The van der Waals surface area contributed by atoms with Gasteiger partial charge in [0.25, 0.3) is 0 Å². The predicted octanol–water partition coefficient (Wildman–Crippen LogP) is 1.25. The summed E-state index contributed by atoms with van der Waals surface area (Å²) in [6.45, 7) is 6.05. The molecule has 2 aliphatic rings. The number of quaternary nitrogens is 1. The van der Waals surface area contributed by atoms with Crippen LogP contribution >= 0.6 is 11.6 Å². The summed E-state index contributed by atoms with van der Waals surface area (Å²) in [6, 6.07) is 11.4. The lowest BCUT2D eigenvalue weighted by molar-refractivity contribution is -0.489. The third-order valence-corrected chi connectivity index (χ3v) is 5.85. The monoisotopic (exact) mass is 516 g/mol. The van der Waals surface area contributed by atoms with Crippen LogP contribution in [0, 0.1) is 5.41 Å². The molecule has 2 aromatic rings. The Labute approximate surface area is 214 Å². The number of hydrogen-bond acceptors (Lipinski definition) is 8. The van der Waals surface area contributed by atoms with Crippen molar-refractivity contribution in [3.8, 4) is 5.75 Å². The number of nitrogens with two attached hydrogens (primary N) is 2. The van der Waals surface area contributed by atoms with Crippen molar-refractivity contribution in [2.75, 3.05) is 64.6 Å². The van der Waals surface area contributed by atoms with Gasteiger partial charge in [0.1, 0.15) is 19.0 Å². The van der Waals surface area contributed by atoms with Gasteiger partial charge >= 0.3 is 5.96 Å². The van der Waals surface area contributed by atoms with Crippen molar-refractivity contribution in [3.63, 3.8) is 0 Å². The van der Waals surface area contributed by atoms with Crippen molar-refractivity contribution in [2.45, 2.75) is 0 Å². The number of furan rings is 1. The number of guanidine groups is 1. The van der Waals surface area contributed by atoms with Crippen LogP contribution in [0.1, 0.15) is 5.76 Å². The van der Waals surface area contributed by atoms with Gasteiger partial charge in [-0.2, -0.15) is 4.99 Å². The van der Waals surface area contributed by atoms with E-state index >= 15 is 0 Å². The molecule has 0 aliphatic carbocycles. The molecule has 3 heterocycles. The summed E-state index contributed by atoms with van der Waals surface area (Å²) in [6.07, 6.45) is 1.65. The highest BCUT2D eigenvalue weighted by Crippen LogP contribution is 2.21. The number of methoxy groups -OCH3 is 1. The van der Waals surface area contributed by atoms with Crippen LogP contribution in [-0.4, -0.2) is 82.2 Å². The van der Waals surface area contributed by atoms with Crippen LogP contribution in [0.2, 0.25) is 5.22 Å². The Morgan fingerprint density at radius 3 is 2.58 bits per heavy atom. The molecule has 0 spiro atoms. The second kappa shape index (κ2) is 12.5. The largest absolute Gasteiger partial charge is 0.491 e. The predicted molar refractivity (Wildman–Crippen MR) is 138 cm³/mol. The Kier molecular flexibility index (Phi) is 8.95. The SMILES string of the molecule is COCCOc1ccc(N2CCN(CCOC3=NC(=N)[NH2+]C(/N=C(\N)c4ccc(Cl)o4)=C3)CC2)cc1. The van der Waals surface area contributed by atoms with Gasteiger partial charge in [-0.1, -0.05) is 0 Å². The molecular formula is C24H31ClN7O4+. The number of halogens is 1.